The minimum atomic E-state index is -1.06. The van der Waals surface area contributed by atoms with Crippen LogP contribution in [0.25, 0.3) is 0 Å². The van der Waals surface area contributed by atoms with E-state index in [1.165, 1.54) is 6.07 Å². The fourth-order valence-electron chi connectivity index (χ4n) is 2.34. The maximum atomic E-state index is 13.9. The lowest BCUT2D eigenvalue weighted by atomic mass is 10.0. The molecule has 1 unspecified atom stereocenters. The average Bonchev–Trinajstić information content (AvgIpc) is 2.79. The number of rotatable bonds is 1. The van der Waals surface area contributed by atoms with Gasteiger partial charge in [0.15, 0.2) is 11.6 Å². The van der Waals surface area contributed by atoms with Crippen molar-refractivity contribution in [2.24, 2.45) is 0 Å². The van der Waals surface area contributed by atoms with E-state index in [0.717, 1.165) is 18.4 Å². The lowest BCUT2D eigenvalue weighted by Crippen LogP contribution is -2.36. The normalized spacial score (nSPS) is 30.7. The molecule has 0 saturated carbocycles. The molecule has 1 aromatic carbocycles. The number of hydrogen-bond donors (Lipinski definition) is 0. The molecule has 0 aromatic heterocycles. The summed E-state index contributed by atoms with van der Waals surface area (Å²) in [6, 6.07) is 2.95. The molecule has 1 heterocycles. The molecule has 0 bridgehead atoms. The summed E-state index contributed by atoms with van der Waals surface area (Å²) in [6.45, 7) is 1.77. The molecule has 1 aliphatic carbocycles. The quantitative estimate of drug-likeness (QED) is 0.651. The van der Waals surface area contributed by atoms with Crippen LogP contribution in [-0.2, 0) is 0 Å². The molecule has 0 amide bonds. The first kappa shape index (κ1) is 14.7. The lowest BCUT2D eigenvalue weighted by molar-refractivity contribution is -0.0244. The van der Waals surface area contributed by atoms with Crippen LogP contribution < -0.4 is 9.47 Å². The van der Waals surface area contributed by atoms with E-state index in [1.54, 1.807) is 19.1 Å². The first-order chi connectivity index (χ1) is 9.99. The average molecular weight is 372 g/mol. The van der Waals surface area contributed by atoms with E-state index in [1.807, 2.05) is 18.2 Å². The first-order valence-electron chi connectivity index (χ1n) is 6.60. The zero-order valence-corrected chi connectivity index (χ0v) is 13.7. The third-order valence-corrected chi connectivity index (χ3v) is 4.33. The van der Waals surface area contributed by atoms with Crippen molar-refractivity contribution in [1.29, 1.82) is 0 Å². The monoisotopic (exact) mass is 370 g/mol. The maximum absolute atomic E-state index is 13.9. The number of ether oxygens (including phenoxy) is 2. The molecule has 0 fully saturated rings. The van der Waals surface area contributed by atoms with Crippen LogP contribution in [0.5, 0.6) is 11.5 Å². The summed E-state index contributed by atoms with van der Waals surface area (Å²) in [5.41, 5.74) is 0.816. The van der Waals surface area contributed by atoms with Gasteiger partial charge in [0.2, 0.25) is 5.75 Å². The van der Waals surface area contributed by atoms with Gasteiger partial charge in [0, 0.05) is 17.5 Å². The summed E-state index contributed by atoms with van der Waals surface area (Å²) >= 11 is 9.40. The van der Waals surface area contributed by atoms with E-state index >= 15 is 0 Å². The zero-order valence-electron chi connectivity index (χ0n) is 11.3. The summed E-state index contributed by atoms with van der Waals surface area (Å²) in [7, 11) is 0. The summed E-state index contributed by atoms with van der Waals surface area (Å²) < 4.78 is 26.2. The molecule has 3 rings (SSSR count). The molecule has 5 heteroatoms. The van der Waals surface area contributed by atoms with E-state index in [0.29, 0.717) is 15.3 Å². The SMILES string of the molecule is CC1(C2=C/CC/C=C(Cl)/C=C\2)Oc2c(F)ccc(Br)c2O1. The largest absolute Gasteiger partial charge is 0.443 e. The second kappa shape index (κ2) is 5.50. The molecule has 1 aromatic rings. The molecule has 21 heavy (non-hydrogen) atoms. The summed E-state index contributed by atoms with van der Waals surface area (Å²) in [5, 5.41) is 0.673. The van der Waals surface area contributed by atoms with Crippen LogP contribution in [0.3, 0.4) is 0 Å². The molecule has 0 saturated heterocycles. The van der Waals surface area contributed by atoms with Gasteiger partial charge in [0.25, 0.3) is 5.79 Å². The third-order valence-electron chi connectivity index (χ3n) is 3.43. The van der Waals surface area contributed by atoms with E-state index in [2.05, 4.69) is 15.9 Å². The van der Waals surface area contributed by atoms with Crippen molar-refractivity contribution in [3.05, 3.63) is 57.3 Å². The van der Waals surface area contributed by atoms with Crippen molar-refractivity contribution in [2.75, 3.05) is 0 Å². The zero-order chi connectivity index (χ0) is 15.0. The van der Waals surface area contributed by atoms with E-state index < -0.39 is 11.6 Å². The molecule has 1 atom stereocenters. The Kier molecular flexibility index (Phi) is 3.84. The topological polar surface area (TPSA) is 18.5 Å². The van der Waals surface area contributed by atoms with Gasteiger partial charge in [-0.05, 0) is 47.0 Å². The molecule has 1 aliphatic heterocycles. The van der Waals surface area contributed by atoms with E-state index in [-0.39, 0.29) is 5.75 Å². The van der Waals surface area contributed by atoms with Crippen molar-refractivity contribution < 1.29 is 13.9 Å². The lowest BCUT2D eigenvalue weighted by Gasteiger charge is -2.25. The van der Waals surface area contributed by atoms with Crippen molar-refractivity contribution in [2.45, 2.75) is 25.6 Å². The van der Waals surface area contributed by atoms with Crippen molar-refractivity contribution in [1.82, 2.24) is 0 Å². The van der Waals surface area contributed by atoms with Crippen molar-refractivity contribution in [3.63, 3.8) is 0 Å². The van der Waals surface area contributed by atoms with Crippen LogP contribution >= 0.6 is 27.5 Å². The van der Waals surface area contributed by atoms with Crippen molar-refractivity contribution in [3.8, 4) is 11.5 Å². The van der Waals surface area contributed by atoms with Gasteiger partial charge in [-0.3, -0.25) is 0 Å². The number of halogens is 3. The van der Waals surface area contributed by atoms with Gasteiger partial charge in [0.05, 0.1) is 4.47 Å². The fraction of sp³-hybridized carbons (Fsp3) is 0.250. The number of hydrogen-bond acceptors (Lipinski definition) is 2. The van der Waals surface area contributed by atoms with Gasteiger partial charge < -0.3 is 9.47 Å². The molecule has 2 nitrogen and oxygen atoms in total. The first-order valence-corrected chi connectivity index (χ1v) is 7.77. The third kappa shape index (κ3) is 2.74. The van der Waals surface area contributed by atoms with Gasteiger partial charge in [-0.25, -0.2) is 4.39 Å². The van der Waals surface area contributed by atoms with Gasteiger partial charge in [-0.2, -0.15) is 0 Å². The predicted molar refractivity (Wildman–Crippen MR) is 84.2 cm³/mol. The minimum absolute atomic E-state index is 0.130. The van der Waals surface area contributed by atoms with Crippen molar-refractivity contribution >= 4 is 27.5 Å². The Morgan fingerprint density at radius 1 is 1.14 bits per heavy atom. The highest BCUT2D eigenvalue weighted by Crippen LogP contribution is 2.48. The summed E-state index contributed by atoms with van der Waals surface area (Å²) in [6.07, 6.45) is 9.27. The number of benzene rings is 1. The predicted octanol–water partition coefficient (Wildman–Crippen LogP) is 5.47. The standard InChI is InChI=1S/C16H13BrClFO2/c1-16(10-4-2-3-5-11(18)7-6-10)20-14-12(17)8-9-13(19)15(14)21-16/h4-9H,2-3H2,1H3/b7-6-,10-4+,11-5-. The van der Waals surface area contributed by atoms with Gasteiger partial charge in [-0.1, -0.05) is 29.8 Å². The van der Waals surface area contributed by atoms with Crippen LogP contribution in [-0.4, -0.2) is 5.79 Å². The molecular formula is C16H13BrClFO2. The Hall–Kier alpha value is -1.26. The van der Waals surface area contributed by atoms with Crippen LogP contribution in [0, 0.1) is 5.82 Å². The smallest absolute Gasteiger partial charge is 0.275 e. The number of allylic oxidation sites excluding steroid dienone is 4. The Labute approximate surface area is 136 Å². The van der Waals surface area contributed by atoms with E-state index in [9.17, 15) is 4.39 Å². The van der Waals surface area contributed by atoms with Crippen LogP contribution in [0.4, 0.5) is 4.39 Å². The highest BCUT2D eigenvalue weighted by Gasteiger charge is 2.42. The molecule has 110 valence electrons. The van der Waals surface area contributed by atoms with E-state index in [4.69, 9.17) is 21.1 Å². The second-order valence-corrected chi connectivity index (χ2v) is 6.29. The van der Waals surface area contributed by atoms with Gasteiger partial charge in [-0.15, -0.1) is 0 Å². The summed E-state index contributed by atoms with van der Waals surface area (Å²) in [5.74, 6) is -0.983. The Morgan fingerprint density at radius 2 is 1.86 bits per heavy atom. The van der Waals surface area contributed by atoms with Crippen LogP contribution in [0.1, 0.15) is 19.8 Å². The molecular weight excluding hydrogens is 359 g/mol. The molecule has 0 radical (unpaired) electrons. The highest BCUT2D eigenvalue weighted by atomic mass is 79.9. The Bertz CT molecular complexity index is 648. The number of fused-ring (bicyclic) bond motifs is 1. The van der Waals surface area contributed by atoms with Crippen LogP contribution in [0.15, 0.2) is 51.5 Å². The van der Waals surface area contributed by atoms with Gasteiger partial charge in [0.1, 0.15) is 0 Å². The summed E-state index contributed by atoms with van der Waals surface area (Å²) in [4.78, 5) is 0. The maximum Gasteiger partial charge on any atom is 0.275 e. The second-order valence-electron chi connectivity index (χ2n) is 5.00. The van der Waals surface area contributed by atoms with Gasteiger partial charge >= 0.3 is 0 Å². The fourth-order valence-corrected chi connectivity index (χ4v) is 2.90. The van der Waals surface area contributed by atoms with Crippen LogP contribution in [0.2, 0.25) is 0 Å². The molecule has 0 N–H and O–H groups in total. The Morgan fingerprint density at radius 3 is 2.62 bits per heavy atom. The molecule has 0 spiro atoms. The highest BCUT2D eigenvalue weighted by molar-refractivity contribution is 9.10. The molecule has 2 aliphatic rings. The minimum Gasteiger partial charge on any atom is -0.443 e. The Balaban J connectivity index is 1.98.